The highest BCUT2D eigenvalue weighted by atomic mass is 32.5. The molecule has 3 aliphatic heterocycles. The average Bonchev–Trinajstić information content (AvgIpc) is 3.04. The number of alkyl halides is 2. The molecule has 4 rings (SSSR count). The van der Waals surface area contributed by atoms with Crippen LogP contribution < -0.4 is 16.8 Å². The van der Waals surface area contributed by atoms with E-state index in [0.717, 1.165) is 13.3 Å². The molecule has 1 spiro atoms. The molecule has 0 amide bonds. The highest BCUT2D eigenvalue weighted by Gasteiger charge is 2.65. The SMILES string of the molecule is C[C@@]1(F)[C@H](N)[C@@H](COP(O)(=S)OP(=O)(O)OC2OCC([C@@H](F)CO)C(O)C(O)C2O)OC12C=CNc1c(N)ncnc12. The van der Waals surface area contributed by atoms with Crippen LogP contribution >= 0.6 is 14.5 Å². The van der Waals surface area contributed by atoms with Crippen LogP contribution in [-0.4, -0.2) is 109 Å². The van der Waals surface area contributed by atoms with Crippen LogP contribution in [0.4, 0.5) is 20.3 Å². The van der Waals surface area contributed by atoms with Crippen LogP contribution in [0.5, 0.6) is 0 Å². The number of hydrogen-bond donors (Lipinski definition) is 9. The van der Waals surface area contributed by atoms with E-state index in [1.807, 2.05) is 0 Å². The number of nitrogens with one attached hydrogen (secondary N) is 1. The van der Waals surface area contributed by atoms with Crippen LogP contribution in [0.15, 0.2) is 18.6 Å². The van der Waals surface area contributed by atoms with E-state index in [9.17, 15) is 34.1 Å². The standard InChI is InChI=1S/C20H31F2N5O12P2S/c1-19(22)15(23)10(37-20(19)2-3-25-11-16(20)26-7-27-17(11)24)6-36-41(34,42)39-40(32,33)38-18-14(31)13(30)12(29)8(5-35-18)9(21)4-28/h2-3,7-10,12-15,18,25,28-31H,4-6,23H2,1H3,(H,32,33)(H,34,42)(H2,24,26,27)/t8?,9-,10+,12?,13?,14?,15+,18?,19+,20?,41?/m0/s1. The molecule has 0 bridgehead atoms. The monoisotopic (exact) mass is 665 g/mol. The first-order valence-electron chi connectivity index (χ1n) is 12.2. The Morgan fingerprint density at radius 1 is 1.29 bits per heavy atom. The van der Waals surface area contributed by atoms with Crippen molar-refractivity contribution in [1.82, 2.24) is 9.97 Å². The summed E-state index contributed by atoms with van der Waals surface area (Å²) in [5, 5.41) is 42.2. The van der Waals surface area contributed by atoms with Crippen molar-refractivity contribution in [2.75, 3.05) is 30.9 Å². The maximum atomic E-state index is 16.2. The van der Waals surface area contributed by atoms with Crippen molar-refractivity contribution in [3.8, 4) is 0 Å². The first-order chi connectivity index (χ1) is 19.5. The molecule has 1 aromatic heterocycles. The third-order valence-corrected chi connectivity index (χ3v) is 10.7. The Hall–Kier alpha value is -1.32. The first kappa shape index (κ1) is 33.6. The maximum absolute atomic E-state index is 16.2. The number of rotatable bonds is 9. The van der Waals surface area contributed by atoms with Gasteiger partial charge in [-0.1, -0.05) is 0 Å². The molecule has 22 heteroatoms. The van der Waals surface area contributed by atoms with E-state index in [0.29, 0.717) is 0 Å². The van der Waals surface area contributed by atoms with Crippen LogP contribution in [0.25, 0.3) is 0 Å². The number of phosphoric ester groups is 1. The van der Waals surface area contributed by atoms with E-state index in [-0.39, 0.29) is 17.2 Å². The highest BCUT2D eigenvalue weighted by Crippen LogP contribution is 2.62. The van der Waals surface area contributed by atoms with Crippen LogP contribution in [0, 0.1) is 5.92 Å². The van der Waals surface area contributed by atoms with Crippen LogP contribution in [0.2, 0.25) is 0 Å². The smallest absolute Gasteiger partial charge is 0.393 e. The summed E-state index contributed by atoms with van der Waals surface area (Å²) >= 11 is 4.77. The van der Waals surface area contributed by atoms with Gasteiger partial charge in [-0.25, -0.2) is 27.6 Å². The topological polar surface area (TPSA) is 274 Å². The van der Waals surface area contributed by atoms with Crippen molar-refractivity contribution in [2.24, 2.45) is 11.7 Å². The van der Waals surface area contributed by atoms with Gasteiger partial charge in [0.05, 0.1) is 32.0 Å². The van der Waals surface area contributed by atoms with Gasteiger partial charge in [0.15, 0.2) is 23.4 Å². The molecule has 238 valence electrons. The number of phosphoric acid groups is 1. The molecule has 2 saturated heterocycles. The maximum Gasteiger partial charge on any atom is 0.481 e. The van der Waals surface area contributed by atoms with E-state index < -0.39 is 94.5 Å². The minimum atomic E-state index is -5.47. The summed E-state index contributed by atoms with van der Waals surface area (Å²) in [6.45, 7) is -6.12. The number of nitrogens with zero attached hydrogens (tertiary/aromatic N) is 2. The summed E-state index contributed by atoms with van der Waals surface area (Å²) in [7, 11) is -5.47. The number of halogens is 2. The molecular formula is C20H31F2N5O12P2S. The molecular weight excluding hydrogens is 634 g/mol. The van der Waals surface area contributed by atoms with E-state index in [1.54, 1.807) is 0 Å². The number of nitrogen functional groups attached to an aromatic ring is 1. The van der Waals surface area contributed by atoms with Crippen LogP contribution in [-0.2, 0) is 44.8 Å². The number of hydrogen-bond acceptors (Lipinski definition) is 16. The zero-order chi connectivity index (χ0) is 31.3. The Balaban J connectivity index is 1.43. The van der Waals surface area contributed by atoms with Crippen LogP contribution in [0.3, 0.4) is 0 Å². The summed E-state index contributed by atoms with van der Waals surface area (Å²) in [5.41, 5.74) is 7.98. The van der Waals surface area contributed by atoms with Crippen molar-refractivity contribution in [3.63, 3.8) is 0 Å². The van der Waals surface area contributed by atoms with Crippen molar-refractivity contribution in [1.29, 1.82) is 0 Å². The summed E-state index contributed by atoms with van der Waals surface area (Å²) in [4.78, 5) is 28.6. The molecule has 11 N–H and O–H groups in total. The fraction of sp³-hybridized carbons (Fsp3) is 0.700. The van der Waals surface area contributed by atoms with Gasteiger partial charge in [-0.05, 0) is 24.8 Å². The first-order valence-corrected chi connectivity index (χ1v) is 16.3. The normalized spacial score (nSPS) is 40.0. The van der Waals surface area contributed by atoms with Gasteiger partial charge in [0.25, 0.3) is 0 Å². The summed E-state index contributed by atoms with van der Waals surface area (Å²) in [6, 6.07) is -1.43. The molecule has 17 nitrogen and oxygen atoms in total. The molecule has 0 saturated carbocycles. The number of aromatic nitrogens is 2. The minimum Gasteiger partial charge on any atom is -0.393 e. The molecule has 12 atom stereocenters. The van der Waals surface area contributed by atoms with Crippen LogP contribution in [0.1, 0.15) is 12.6 Å². The predicted molar refractivity (Wildman–Crippen MR) is 141 cm³/mol. The molecule has 42 heavy (non-hydrogen) atoms. The lowest BCUT2D eigenvalue weighted by Gasteiger charge is -2.37. The van der Waals surface area contributed by atoms with Gasteiger partial charge in [0.1, 0.15) is 42.2 Å². The molecule has 2 fully saturated rings. The van der Waals surface area contributed by atoms with E-state index >= 15 is 4.39 Å². The molecule has 0 radical (unpaired) electrons. The molecule has 0 aromatic carbocycles. The summed E-state index contributed by atoms with van der Waals surface area (Å²) < 4.78 is 68.1. The van der Waals surface area contributed by atoms with Gasteiger partial charge in [0, 0.05) is 12.1 Å². The predicted octanol–water partition coefficient (Wildman–Crippen LogP) is -1.60. The summed E-state index contributed by atoms with van der Waals surface area (Å²) in [5.74, 6) is -1.53. The highest BCUT2D eigenvalue weighted by molar-refractivity contribution is 8.08. The Kier molecular flexibility index (Phi) is 9.77. The molecule has 3 aliphatic rings. The summed E-state index contributed by atoms with van der Waals surface area (Å²) in [6.07, 6.45) is -8.12. The van der Waals surface area contributed by atoms with E-state index in [1.165, 1.54) is 12.3 Å². The van der Waals surface area contributed by atoms with Gasteiger partial charge in [-0.3, -0.25) is 4.52 Å². The van der Waals surface area contributed by atoms with Crippen molar-refractivity contribution in [3.05, 3.63) is 24.3 Å². The quantitative estimate of drug-likeness (QED) is 0.134. The second-order valence-corrected chi connectivity index (χ2v) is 14.3. The molecule has 0 aliphatic carbocycles. The number of anilines is 2. The van der Waals surface area contributed by atoms with Gasteiger partial charge < -0.3 is 61.0 Å². The second-order valence-electron chi connectivity index (χ2n) is 9.91. The lowest BCUT2D eigenvalue weighted by molar-refractivity contribution is -0.173. The Labute approximate surface area is 242 Å². The van der Waals surface area contributed by atoms with E-state index in [4.69, 9.17) is 42.4 Å². The van der Waals surface area contributed by atoms with E-state index in [2.05, 4.69) is 24.1 Å². The number of aliphatic hydroxyl groups is 4. The second kappa shape index (κ2) is 12.2. The molecule has 4 heterocycles. The third kappa shape index (κ3) is 6.26. The zero-order valence-corrected chi connectivity index (χ0v) is 24.3. The Morgan fingerprint density at radius 3 is 2.64 bits per heavy atom. The fourth-order valence-electron chi connectivity index (χ4n) is 4.83. The Morgan fingerprint density at radius 2 is 1.98 bits per heavy atom. The minimum absolute atomic E-state index is 0.00702. The number of ether oxygens (including phenoxy) is 2. The Bertz CT molecular complexity index is 1290. The fourth-order valence-corrected chi connectivity index (χ4v) is 7.94. The third-order valence-electron chi connectivity index (χ3n) is 7.22. The van der Waals surface area contributed by atoms with Crippen molar-refractivity contribution in [2.45, 2.75) is 61.1 Å². The zero-order valence-electron chi connectivity index (χ0n) is 21.7. The van der Waals surface area contributed by atoms with Crippen molar-refractivity contribution < 1.29 is 66.4 Å². The average molecular weight is 666 g/mol. The molecule has 1 aromatic rings. The van der Waals surface area contributed by atoms with Crippen molar-refractivity contribution >= 4 is 37.9 Å². The van der Waals surface area contributed by atoms with Gasteiger partial charge in [-0.15, -0.1) is 0 Å². The van der Waals surface area contributed by atoms with Gasteiger partial charge >= 0.3 is 14.5 Å². The lowest BCUT2D eigenvalue weighted by atomic mass is 9.78. The van der Waals surface area contributed by atoms with Gasteiger partial charge in [0.2, 0.25) is 0 Å². The number of fused-ring (bicyclic) bond motifs is 2. The molecule has 8 unspecified atom stereocenters. The lowest BCUT2D eigenvalue weighted by Crippen LogP contribution is -2.53. The number of nitrogens with two attached hydrogens (primary N) is 2. The van der Waals surface area contributed by atoms with Gasteiger partial charge in [-0.2, -0.15) is 0 Å². The number of aliphatic hydroxyl groups excluding tert-OH is 4. The largest absolute Gasteiger partial charge is 0.481 e.